The van der Waals surface area contributed by atoms with Gasteiger partial charge in [-0.05, 0) is 25.0 Å². The first-order chi connectivity index (χ1) is 7.67. The number of nitrogens with two attached hydrogens (primary N) is 1. The van der Waals surface area contributed by atoms with E-state index in [2.05, 4.69) is 4.98 Å². The van der Waals surface area contributed by atoms with Gasteiger partial charge in [-0.2, -0.15) is 0 Å². The number of rotatable bonds is 5. The summed E-state index contributed by atoms with van der Waals surface area (Å²) in [5, 5.41) is 0. The molecule has 1 heterocycles. The number of ether oxygens (including phenoxy) is 2. The lowest BCUT2D eigenvalue weighted by atomic mass is 10.1. The van der Waals surface area contributed by atoms with Crippen LogP contribution >= 0.6 is 0 Å². The molecule has 1 aromatic heterocycles. The van der Waals surface area contributed by atoms with Crippen molar-refractivity contribution in [3.63, 3.8) is 0 Å². The van der Waals surface area contributed by atoms with E-state index < -0.39 is 12.0 Å². The molecule has 0 aliphatic carbocycles. The Kier molecular flexibility index (Phi) is 4.72. The highest BCUT2D eigenvalue weighted by atomic mass is 16.5. The van der Waals surface area contributed by atoms with Crippen LogP contribution in [-0.2, 0) is 16.0 Å². The lowest BCUT2D eigenvalue weighted by Crippen LogP contribution is -2.34. The largest absolute Gasteiger partial charge is 0.481 e. The number of carbonyl (C=O) groups excluding carboxylic acids is 1. The van der Waals surface area contributed by atoms with Crippen molar-refractivity contribution in [1.29, 1.82) is 0 Å². The minimum atomic E-state index is -0.646. The van der Waals surface area contributed by atoms with E-state index in [1.165, 1.54) is 7.11 Å². The summed E-state index contributed by atoms with van der Waals surface area (Å²) in [5.41, 5.74) is 6.59. The van der Waals surface area contributed by atoms with Gasteiger partial charge >= 0.3 is 5.97 Å². The van der Waals surface area contributed by atoms with E-state index in [0.717, 1.165) is 5.56 Å². The molecule has 0 aliphatic heterocycles. The summed E-state index contributed by atoms with van der Waals surface area (Å²) in [6, 6.07) is 2.90. The fourth-order valence-corrected chi connectivity index (χ4v) is 1.28. The Morgan fingerprint density at radius 3 is 3.00 bits per heavy atom. The van der Waals surface area contributed by atoms with Crippen LogP contribution in [0, 0.1) is 0 Å². The van der Waals surface area contributed by atoms with E-state index in [-0.39, 0.29) is 0 Å². The van der Waals surface area contributed by atoms with E-state index in [1.807, 2.05) is 0 Å². The van der Waals surface area contributed by atoms with Crippen LogP contribution in [0.1, 0.15) is 12.5 Å². The Balaban J connectivity index is 2.61. The summed E-state index contributed by atoms with van der Waals surface area (Å²) in [6.07, 6.45) is 2.03. The summed E-state index contributed by atoms with van der Waals surface area (Å²) in [5.74, 6) is 0.117. The fourth-order valence-electron chi connectivity index (χ4n) is 1.28. The maximum absolute atomic E-state index is 11.3. The molecule has 16 heavy (non-hydrogen) atoms. The molecule has 0 aromatic carbocycles. The van der Waals surface area contributed by atoms with Crippen LogP contribution in [0.25, 0.3) is 0 Å². The molecule has 0 saturated heterocycles. The molecule has 1 aromatic rings. The molecule has 88 valence electrons. The lowest BCUT2D eigenvalue weighted by Gasteiger charge is -2.10. The molecule has 0 radical (unpaired) electrons. The van der Waals surface area contributed by atoms with Gasteiger partial charge in [-0.25, -0.2) is 4.98 Å². The van der Waals surface area contributed by atoms with Crippen LogP contribution in [0.15, 0.2) is 18.3 Å². The Bertz CT molecular complexity index is 355. The molecular formula is C11H16N2O3. The second kappa shape index (κ2) is 6.07. The molecule has 2 N–H and O–H groups in total. The topological polar surface area (TPSA) is 74.4 Å². The zero-order chi connectivity index (χ0) is 12.0. The minimum absolute atomic E-state index is 0.339. The minimum Gasteiger partial charge on any atom is -0.481 e. The standard InChI is InChI=1S/C11H16N2O3/c1-3-16-11(14)9(12)6-8-4-5-13-10(7-8)15-2/h4-5,7,9H,3,6,12H2,1-2H3/t9-/m1/s1. The van der Waals surface area contributed by atoms with E-state index in [9.17, 15) is 4.79 Å². The van der Waals surface area contributed by atoms with Gasteiger partial charge in [-0.15, -0.1) is 0 Å². The van der Waals surface area contributed by atoms with Gasteiger partial charge in [0.05, 0.1) is 13.7 Å². The number of pyridine rings is 1. The lowest BCUT2D eigenvalue weighted by molar-refractivity contribution is -0.144. The third-order valence-corrected chi connectivity index (χ3v) is 2.05. The van der Waals surface area contributed by atoms with Gasteiger partial charge < -0.3 is 15.2 Å². The molecule has 0 aliphatic rings. The molecule has 0 saturated carbocycles. The normalized spacial score (nSPS) is 11.9. The summed E-state index contributed by atoms with van der Waals surface area (Å²) < 4.78 is 9.80. The highest BCUT2D eigenvalue weighted by Gasteiger charge is 2.15. The maximum atomic E-state index is 11.3. The van der Waals surface area contributed by atoms with Crippen molar-refractivity contribution in [3.05, 3.63) is 23.9 Å². The van der Waals surface area contributed by atoms with E-state index in [1.54, 1.807) is 25.3 Å². The Labute approximate surface area is 94.6 Å². The first kappa shape index (κ1) is 12.4. The monoisotopic (exact) mass is 224 g/mol. The van der Waals surface area contributed by atoms with Crippen molar-refractivity contribution in [1.82, 2.24) is 4.98 Å². The van der Waals surface area contributed by atoms with Crippen molar-refractivity contribution in [3.8, 4) is 5.88 Å². The fraction of sp³-hybridized carbons (Fsp3) is 0.455. The third-order valence-electron chi connectivity index (χ3n) is 2.05. The van der Waals surface area contributed by atoms with Crippen LogP contribution in [0.4, 0.5) is 0 Å². The van der Waals surface area contributed by atoms with Crippen molar-refractivity contribution >= 4 is 5.97 Å². The van der Waals surface area contributed by atoms with Gasteiger partial charge in [-0.3, -0.25) is 4.79 Å². The van der Waals surface area contributed by atoms with E-state index >= 15 is 0 Å². The second-order valence-electron chi connectivity index (χ2n) is 3.27. The SMILES string of the molecule is CCOC(=O)[C@H](N)Cc1ccnc(OC)c1. The quantitative estimate of drug-likeness (QED) is 0.738. The highest BCUT2D eigenvalue weighted by Crippen LogP contribution is 2.10. The molecule has 5 nitrogen and oxygen atoms in total. The molecule has 5 heteroatoms. The molecule has 1 rings (SSSR count). The van der Waals surface area contributed by atoms with Gasteiger partial charge in [0.15, 0.2) is 0 Å². The van der Waals surface area contributed by atoms with Crippen molar-refractivity contribution in [2.24, 2.45) is 5.73 Å². The molecule has 0 fully saturated rings. The van der Waals surface area contributed by atoms with Crippen molar-refractivity contribution < 1.29 is 14.3 Å². The smallest absolute Gasteiger partial charge is 0.323 e. The van der Waals surface area contributed by atoms with Crippen LogP contribution in [0.2, 0.25) is 0 Å². The van der Waals surface area contributed by atoms with Crippen LogP contribution in [-0.4, -0.2) is 30.7 Å². The summed E-state index contributed by atoms with van der Waals surface area (Å²) in [6.45, 7) is 2.09. The number of esters is 1. The van der Waals surface area contributed by atoms with Gasteiger partial charge in [-0.1, -0.05) is 0 Å². The van der Waals surface area contributed by atoms with Gasteiger partial charge in [0.25, 0.3) is 0 Å². The van der Waals surface area contributed by atoms with Gasteiger partial charge in [0.1, 0.15) is 6.04 Å². The van der Waals surface area contributed by atoms with Crippen molar-refractivity contribution in [2.75, 3.05) is 13.7 Å². The van der Waals surface area contributed by atoms with Gasteiger partial charge in [0, 0.05) is 12.3 Å². The van der Waals surface area contributed by atoms with Gasteiger partial charge in [0.2, 0.25) is 5.88 Å². The van der Waals surface area contributed by atoms with Crippen LogP contribution in [0.3, 0.4) is 0 Å². The molecule has 1 atom stereocenters. The van der Waals surface area contributed by atoms with E-state index in [0.29, 0.717) is 18.9 Å². The zero-order valence-corrected chi connectivity index (χ0v) is 9.47. The number of hydrogen-bond donors (Lipinski definition) is 1. The number of methoxy groups -OCH3 is 1. The zero-order valence-electron chi connectivity index (χ0n) is 9.47. The predicted octanol–water partition coefficient (Wildman–Crippen LogP) is 0.523. The third kappa shape index (κ3) is 3.51. The Hall–Kier alpha value is -1.62. The first-order valence-corrected chi connectivity index (χ1v) is 5.08. The molecular weight excluding hydrogens is 208 g/mol. The number of carbonyl (C=O) groups is 1. The predicted molar refractivity (Wildman–Crippen MR) is 59.1 cm³/mol. The van der Waals surface area contributed by atoms with E-state index in [4.69, 9.17) is 15.2 Å². The molecule has 0 amide bonds. The highest BCUT2D eigenvalue weighted by molar-refractivity contribution is 5.75. The van der Waals surface area contributed by atoms with Crippen LogP contribution in [0.5, 0.6) is 5.88 Å². The number of nitrogens with zero attached hydrogens (tertiary/aromatic N) is 1. The molecule has 0 unspecified atom stereocenters. The summed E-state index contributed by atoms with van der Waals surface area (Å²) in [4.78, 5) is 15.3. The first-order valence-electron chi connectivity index (χ1n) is 5.08. The Morgan fingerprint density at radius 2 is 2.38 bits per heavy atom. The summed E-state index contributed by atoms with van der Waals surface area (Å²) >= 11 is 0. The molecule has 0 spiro atoms. The maximum Gasteiger partial charge on any atom is 0.323 e. The number of hydrogen-bond acceptors (Lipinski definition) is 5. The van der Waals surface area contributed by atoms with Crippen molar-refractivity contribution in [2.45, 2.75) is 19.4 Å². The Morgan fingerprint density at radius 1 is 1.62 bits per heavy atom. The number of aromatic nitrogens is 1. The molecule has 0 bridgehead atoms. The average molecular weight is 224 g/mol. The van der Waals surface area contributed by atoms with Crippen LogP contribution < -0.4 is 10.5 Å². The second-order valence-corrected chi connectivity index (χ2v) is 3.27. The summed E-state index contributed by atoms with van der Waals surface area (Å²) in [7, 11) is 1.54. The average Bonchev–Trinajstić information content (AvgIpc) is 2.29.